The summed E-state index contributed by atoms with van der Waals surface area (Å²) in [5, 5.41) is 12.1. The zero-order valence-corrected chi connectivity index (χ0v) is 12.9. The van der Waals surface area contributed by atoms with E-state index in [2.05, 4.69) is 10.3 Å². The number of hydrogen-bond donors (Lipinski definition) is 3. The minimum atomic E-state index is -0.173. The molecule has 3 rings (SSSR count). The highest BCUT2D eigenvalue weighted by Crippen LogP contribution is 2.31. The fourth-order valence-electron chi connectivity index (χ4n) is 2.77. The van der Waals surface area contributed by atoms with E-state index in [9.17, 15) is 9.90 Å². The standard InChI is InChI=1S/C15H18N2O4S/c18-5-3-15(4-6-20-9-15)8-16-13(19)10-1-2-11-12(7-10)21-14(22)17-11/h1-2,7,18H,3-6,8-9H2,(H,16,19)(H,17,22). The number of oxazole rings is 1. The van der Waals surface area contributed by atoms with Crippen LogP contribution in [0.4, 0.5) is 0 Å². The first kappa shape index (κ1) is 15.2. The van der Waals surface area contributed by atoms with Crippen molar-refractivity contribution in [2.75, 3.05) is 26.4 Å². The quantitative estimate of drug-likeness (QED) is 0.733. The summed E-state index contributed by atoms with van der Waals surface area (Å²) in [6, 6.07) is 5.16. The monoisotopic (exact) mass is 322 g/mol. The molecule has 1 amide bonds. The van der Waals surface area contributed by atoms with Crippen molar-refractivity contribution >= 4 is 29.2 Å². The number of aromatic amines is 1. The van der Waals surface area contributed by atoms with Gasteiger partial charge in [-0.1, -0.05) is 0 Å². The van der Waals surface area contributed by atoms with E-state index >= 15 is 0 Å². The molecule has 6 nitrogen and oxygen atoms in total. The molecule has 0 bridgehead atoms. The van der Waals surface area contributed by atoms with Crippen molar-refractivity contribution < 1.29 is 19.1 Å². The fourth-order valence-corrected chi connectivity index (χ4v) is 2.97. The van der Waals surface area contributed by atoms with Crippen LogP contribution in [0.3, 0.4) is 0 Å². The molecule has 1 unspecified atom stereocenters. The van der Waals surface area contributed by atoms with Gasteiger partial charge in [0.15, 0.2) is 5.58 Å². The molecule has 2 heterocycles. The number of aromatic nitrogens is 1. The van der Waals surface area contributed by atoms with Gasteiger partial charge in [0, 0.05) is 30.7 Å². The Morgan fingerprint density at radius 2 is 2.36 bits per heavy atom. The Labute approximate surface area is 132 Å². The maximum Gasteiger partial charge on any atom is 0.266 e. The number of H-pyrrole nitrogens is 1. The van der Waals surface area contributed by atoms with Crippen LogP contribution in [0.5, 0.6) is 0 Å². The molecule has 1 saturated heterocycles. The predicted molar refractivity (Wildman–Crippen MR) is 83.3 cm³/mol. The lowest BCUT2D eigenvalue weighted by Gasteiger charge is -2.26. The van der Waals surface area contributed by atoms with Gasteiger partial charge in [-0.3, -0.25) is 4.79 Å². The van der Waals surface area contributed by atoms with Crippen molar-refractivity contribution in [3.05, 3.63) is 28.6 Å². The molecule has 0 spiro atoms. The van der Waals surface area contributed by atoms with Crippen LogP contribution >= 0.6 is 12.2 Å². The van der Waals surface area contributed by atoms with Crippen molar-refractivity contribution in [3.63, 3.8) is 0 Å². The van der Waals surface area contributed by atoms with Gasteiger partial charge in [-0.15, -0.1) is 0 Å². The molecule has 0 aliphatic carbocycles. The second kappa shape index (κ2) is 6.20. The van der Waals surface area contributed by atoms with Crippen molar-refractivity contribution in [2.24, 2.45) is 5.41 Å². The number of carbonyl (C=O) groups excluding carboxylic acids is 1. The number of amides is 1. The molecular formula is C15H18N2O4S. The summed E-state index contributed by atoms with van der Waals surface area (Å²) in [5.74, 6) is -0.173. The summed E-state index contributed by atoms with van der Waals surface area (Å²) in [7, 11) is 0. The third-order valence-electron chi connectivity index (χ3n) is 4.13. The lowest BCUT2D eigenvalue weighted by molar-refractivity contribution is 0.0889. The molecule has 7 heteroatoms. The Bertz CT molecular complexity index is 730. The van der Waals surface area contributed by atoms with Crippen LogP contribution < -0.4 is 5.32 Å². The van der Waals surface area contributed by atoms with Crippen LogP contribution in [0, 0.1) is 10.3 Å². The Morgan fingerprint density at radius 3 is 3.09 bits per heavy atom. The van der Waals surface area contributed by atoms with E-state index in [1.807, 2.05) is 0 Å². The number of benzene rings is 1. The molecule has 3 N–H and O–H groups in total. The van der Waals surface area contributed by atoms with E-state index in [4.69, 9.17) is 21.4 Å². The molecule has 22 heavy (non-hydrogen) atoms. The summed E-state index contributed by atoms with van der Waals surface area (Å²) < 4.78 is 10.7. The van der Waals surface area contributed by atoms with Crippen molar-refractivity contribution in [1.29, 1.82) is 0 Å². The van der Waals surface area contributed by atoms with Crippen molar-refractivity contribution in [3.8, 4) is 0 Å². The van der Waals surface area contributed by atoms with E-state index in [-0.39, 0.29) is 22.8 Å². The van der Waals surface area contributed by atoms with Gasteiger partial charge in [0.2, 0.25) is 0 Å². The molecule has 1 aromatic carbocycles. The number of nitrogens with one attached hydrogen (secondary N) is 2. The van der Waals surface area contributed by atoms with Crippen LogP contribution in [0.15, 0.2) is 22.6 Å². The maximum absolute atomic E-state index is 12.3. The highest BCUT2D eigenvalue weighted by molar-refractivity contribution is 7.71. The number of hydrogen-bond acceptors (Lipinski definition) is 5. The lowest BCUT2D eigenvalue weighted by Crippen LogP contribution is -2.38. The summed E-state index contributed by atoms with van der Waals surface area (Å²) in [4.78, 5) is 15.5. The number of rotatable bonds is 5. The summed E-state index contributed by atoms with van der Waals surface area (Å²) >= 11 is 4.93. The van der Waals surface area contributed by atoms with Gasteiger partial charge in [0.1, 0.15) is 0 Å². The van der Waals surface area contributed by atoms with Gasteiger partial charge in [-0.2, -0.15) is 0 Å². The number of aliphatic hydroxyl groups excluding tert-OH is 1. The Hall–Kier alpha value is -1.70. The van der Waals surface area contributed by atoms with Crippen molar-refractivity contribution in [2.45, 2.75) is 12.8 Å². The van der Waals surface area contributed by atoms with Gasteiger partial charge >= 0.3 is 0 Å². The highest BCUT2D eigenvalue weighted by atomic mass is 32.1. The van der Waals surface area contributed by atoms with Gasteiger partial charge in [0.05, 0.1) is 12.1 Å². The molecule has 1 aliphatic rings. The first-order chi connectivity index (χ1) is 10.6. The lowest BCUT2D eigenvalue weighted by atomic mass is 9.84. The second-order valence-corrected chi connectivity index (χ2v) is 6.06. The number of aliphatic hydroxyl groups is 1. The Kier molecular flexibility index (Phi) is 4.28. The average molecular weight is 322 g/mol. The van der Waals surface area contributed by atoms with E-state index in [0.717, 1.165) is 11.9 Å². The predicted octanol–water partition coefficient (Wildman–Crippen LogP) is 2.01. The zero-order valence-electron chi connectivity index (χ0n) is 12.1. The Balaban J connectivity index is 1.71. The smallest absolute Gasteiger partial charge is 0.266 e. The minimum Gasteiger partial charge on any atom is -0.429 e. The number of carbonyl (C=O) groups is 1. The first-order valence-electron chi connectivity index (χ1n) is 7.22. The van der Waals surface area contributed by atoms with Gasteiger partial charge in [-0.05, 0) is 43.3 Å². The SMILES string of the molecule is O=C(NCC1(CCO)CCOC1)c1ccc2[nH]c(=S)oc2c1. The van der Waals surface area contributed by atoms with Gasteiger partial charge in [0.25, 0.3) is 10.7 Å². The van der Waals surface area contributed by atoms with E-state index in [1.54, 1.807) is 18.2 Å². The average Bonchev–Trinajstić information content (AvgIpc) is 3.10. The third kappa shape index (κ3) is 3.06. The summed E-state index contributed by atoms with van der Waals surface area (Å²) in [6.07, 6.45) is 1.47. The van der Waals surface area contributed by atoms with E-state index < -0.39 is 0 Å². The largest absolute Gasteiger partial charge is 0.429 e. The fraction of sp³-hybridized carbons (Fsp3) is 0.467. The van der Waals surface area contributed by atoms with E-state index in [0.29, 0.717) is 37.3 Å². The molecule has 0 radical (unpaired) electrons. The van der Waals surface area contributed by atoms with Crippen LogP contribution in [0.2, 0.25) is 0 Å². The molecule has 2 aromatic rings. The van der Waals surface area contributed by atoms with Crippen LogP contribution in [0.25, 0.3) is 11.1 Å². The molecule has 1 aromatic heterocycles. The minimum absolute atomic E-state index is 0.0923. The number of fused-ring (bicyclic) bond motifs is 1. The van der Waals surface area contributed by atoms with Gasteiger partial charge < -0.3 is 24.6 Å². The Morgan fingerprint density at radius 1 is 1.50 bits per heavy atom. The molecule has 0 saturated carbocycles. The summed E-state index contributed by atoms with van der Waals surface area (Å²) in [5.41, 5.74) is 1.68. The molecular weight excluding hydrogens is 304 g/mol. The topological polar surface area (TPSA) is 87.5 Å². The van der Waals surface area contributed by atoms with Gasteiger partial charge in [-0.25, -0.2) is 0 Å². The third-order valence-corrected chi connectivity index (χ3v) is 4.32. The zero-order chi connectivity index (χ0) is 15.6. The second-order valence-electron chi connectivity index (χ2n) is 5.68. The van der Waals surface area contributed by atoms with Crippen LogP contribution in [-0.2, 0) is 4.74 Å². The van der Waals surface area contributed by atoms with Crippen molar-refractivity contribution in [1.82, 2.24) is 10.3 Å². The van der Waals surface area contributed by atoms with Crippen LogP contribution in [-0.4, -0.2) is 42.4 Å². The molecule has 1 fully saturated rings. The normalized spacial score (nSPS) is 21.3. The molecule has 118 valence electrons. The first-order valence-corrected chi connectivity index (χ1v) is 7.62. The maximum atomic E-state index is 12.3. The number of ether oxygens (including phenoxy) is 1. The highest BCUT2D eigenvalue weighted by Gasteiger charge is 2.34. The molecule has 1 atom stereocenters. The van der Waals surface area contributed by atoms with E-state index in [1.165, 1.54) is 0 Å². The van der Waals surface area contributed by atoms with Crippen LogP contribution in [0.1, 0.15) is 23.2 Å². The molecule has 1 aliphatic heterocycles. The summed E-state index contributed by atoms with van der Waals surface area (Å²) in [6.45, 7) is 1.82.